The van der Waals surface area contributed by atoms with Crippen LogP contribution >= 0.6 is 0 Å². The molecule has 194 valence electrons. The first-order valence-corrected chi connectivity index (χ1v) is 12.6. The van der Waals surface area contributed by atoms with Gasteiger partial charge in [0.1, 0.15) is 0 Å². The van der Waals surface area contributed by atoms with Crippen molar-refractivity contribution < 1.29 is 19.4 Å². The minimum atomic E-state index is -1.10. The fourth-order valence-corrected chi connectivity index (χ4v) is 5.33. The van der Waals surface area contributed by atoms with Crippen LogP contribution in [0.1, 0.15) is 59.4 Å². The van der Waals surface area contributed by atoms with E-state index in [1.807, 2.05) is 68.6 Å². The zero-order chi connectivity index (χ0) is 27.0. The van der Waals surface area contributed by atoms with E-state index >= 15 is 0 Å². The number of H-pyrrole nitrogens is 1. The van der Waals surface area contributed by atoms with Crippen LogP contribution in [0.4, 0.5) is 0 Å². The van der Waals surface area contributed by atoms with E-state index in [1.165, 1.54) is 16.7 Å². The maximum Gasteiger partial charge on any atom is 0.335 e. The standard InChI is InChI=1S/C30H29N3O5/c1-4-38-27(34)16-25(20-10-6-5-7-11-20)33-26-15-21(29(35)36)13-14-24(26)32(30(33)37)19(3)22-17-31-23-12-8-9-18(2)28(22)23/h5-15,17,19,25,31H,4,16H2,1-3H3,(H,35,36)/t19?,25-/m1/s1. The molecular weight excluding hydrogens is 482 g/mol. The number of ether oxygens (including phenoxy) is 1. The number of fused-ring (bicyclic) bond motifs is 2. The quantitative estimate of drug-likeness (QED) is 0.270. The van der Waals surface area contributed by atoms with Crippen molar-refractivity contribution in [1.29, 1.82) is 0 Å². The van der Waals surface area contributed by atoms with E-state index in [-0.39, 0.29) is 30.3 Å². The van der Waals surface area contributed by atoms with Crippen LogP contribution in [0.5, 0.6) is 0 Å². The molecule has 0 aliphatic heterocycles. The summed E-state index contributed by atoms with van der Waals surface area (Å²) in [4.78, 5) is 42.2. The van der Waals surface area contributed by atoms with E-state index in [2.05, 4.69) is 4.98 Å². The summed E-state index contributed by atoms with van der Waals surface area (Å²) in [6.45, 7) is 5.94. The predicted octanol–water partition coefficient (Wildman–Crippen LogP) is 5.44. The molecule has 8 nitrogen and oxygen atoms in total. The molecule has 2 N–H and O–H groups in total. The molecule has 0 amide bonds. The van der Waals surface area contributed by atoms with Crippen LogP contribution in [0.3, 0.4) is 0 Å². The minimum absolute atomic E-state index is 0.0574. The minimum Gasteiger partial charge on any atom is -0.478 e. The maximum atomic E-state index is 14.3. The van der Waals surface area contributed by atoms with Crippen LogP contribution in [0.25, 0.3) is 21.9 Å². The van der Waals surface area contributed by atoms with Gasteiger partial charge in [-0.1, -0.05) is 42.5 Å². The molecule has 2 atom stereocenters. The van der Waals surface area contributed by atoms with Gasteiger partial charge in [-0.15, -0.1) is 0 Å². The summed E-state index contributed by atoms with van der Waals surface area (Å²) >= 11 is 0. The third-order valence-corrected chi connectivity index (χ3v) is 7.10. The summed E-state index contributed by atoms with van der Waals surface area (Å²) in [5, 5.41) is 10.8. The lowest BCUT2D eigenvalue weighted by atomic mass is 10.0. The predicted molar refractivity (Wildman–Crippen MR) is 146 cm³/mol. The lowest BCUT2D eigenvalue weighted by Gasteiger charge is -2.19. The average molecular weight is 512 g/mol. The number of esters is 1. The van der Waals surface area contributed by atoms with Gasteiger partial charge < -0.3 is 14.8 Å². The molecule has 1 unspecified atom stereocenters. The number of aromatic nitrogens is 3. The molecule has 38 heavy (non-hydrogen) atoms. The number of aromatic carboxylic acids is 1. The van der Waals surface area contributed by atoms with Crippen LogP contribution in [0.2, 0.25) is 0 Å². The second kappa shape index (κ2) is 10.0. The molecule has 3 aromatic carbocycles. The Balaban J connectivity index is 1.78. The molecule has 2 aromatic heterocycles. The molecule has 0 aliphatic rings. The van der Waals surface area contributed by atoms with Crippen molar-refractivity contribution in [2.45, 2.75) is 39.3 Å². The molecule has 8 heteroatoms. The highest BCUT2D eigenvalue weighted by Gasteiger charge is 2.28. The van der Waals surface area contributed by atoms with Gasteiger partial charge in [0, 0.05) is 22.7 Å². The molecule has 0 radical (unpaired) electrons. The van der Waals surface area contributed by atoms with Gasteiger partial charge in [0.15, 0.2) is 0 Å². The summed E-state index contributed by atoms with van der Waals surface area (Å²) < 4.78 is 8.46. The lowest BCUT2D eigenvalue weighted by Crippen LogP contribution is -2.31. The maximum absolute atomic E-state index is 14.3. The Kier molecular flexibility index (Phi) is 6.63. The Labute approximate surface area is 219 Å². The van der Waals surface area contributed by atoms with Crippen LogP contribution < -0.4 is 5.69 Å². The molecule has 2 heterocycles. The Morgan fingerprint density at radius 3 is 2.47 bits per heavy atom. The van der Waals surface area contributed by atoms with Crippen molar-refractivity contribution in [1.82, 2.24) is 14.1 Å². The number of benzene rings is 3. The summed E-state index contributed by atoms with van der Waals surface area (Å²) in [7, 11) is 0. The van der Waals surface area contributed by atoms with Gasteiger partial charge in [-0.05, 0) is 56.2 Å². The van der Waals surface area contributed by atoms with Gasteiger partial charge in [-0.25, -0.2) is 9.59 Å². The van der Waals surface area contributed by atoms with E-state index in [0.717, 1.165) is 27.6 Å². The molecule has 0 fully saturated rings. The fourth-order valence-electron chi connectivity index (χ4n) is 5.33. The van der Waals surface area contributed by atoms with Gasteiger partial charge in [0.05, 0.1) is 41.7 Å². The zero-order valence-corrected chi connectivity index (χ0v) is 21.5. The smallest absolute Gasteiger partial charge is 0.335 e. The Morgan fingerprint density at radius 1 is 1.00 bits per heavy atom. The van der Waals surface area contributed by atoms with Crippen molar-refractivity contribution in [2.75, 3.05) is 6.61 Å². The lowest BCUT2D eigenvalue weighted by molar-refractivity contribution is -0.143. The molecular formula is C30H29N3O5. The van der Waals surface area contributed by atoms with Crippen LogP contribution in [0.15, 0.2) is 77.7 Å². The van der Waals surface area contributed by atoms with Gasteiger partial charge in [0.25, 0.3) is 0 Å². The van der Waals surface area contributed by atoms with Crippen molar-refractivity contribution in [3.63, 3.8) is 0 Å². The van der Waals surface area contributed by atoms with E-state index in [9.17, 15) is 19.5 Å². The number of nitrogens with one attached hydrogen (secondary N) is 1. The number of hydrogen-bond acceptors (Lipinski definition) is 4. The number of carbonyl (C=O) groups is 2. The third kappa shape index (κ3) is 4.28. The third-order valence-electron chi connectivity index (χ3n) is 7.10. The number of nitrogens with zero attached hydrogens (tertiary/aromatic N) is 2. The largest absolute Gasteiger partial charge is 0.478 e. The molecule has 0 aliphatic carbocycles. The molecule has 0 saturated carbocycles. The molecule has 0 saturated heterocycles. The number of hydrogen-bond donors (Lipinski definition) is 2. The monoisotopic (exact) mass is 511 g/mol. The molecule has 0 spiro atoms. The topological polar surface area (TPSA) is 106 Å². The van der Waals surface area contributed by atoms with Gasteiger partial charge >= 0.3 is 17.6 Å². The number of aryl methyl sites for hydroxylation is 1. The van der Waals surface area contributed by atoms with Crippen molar-refractivity contribution >= 4 is 33.9 Å². The number of carbonyl (C=O) groups excluding carboxylic acids is 1. The number of carboxylic acid groups (broad SMARTS) is 1. The number of aromatic amines is 1. The number of carboxylic acids is 1. The van der Waals surface area contributed by atoms with E-state index in [4.69, 9.17) is 4.74 Å². The summed E-state index contributed by atoms with van der Waals surface area (Å²) in [5.74, 6) is -1.54. The molecule has 5 rings (SSSR count). The summed E-state index contributed by atoms with van der Waals surface area (Å²) in [5.41, 5.74) is 4.50. The summed E-state index contributed by atoms with van der Waals surface area (Å²) in [6, 6.07) is 18.9. The highest BCUT2D eigenvalue weighted by atomic mass is 16.5. The van der Waals surface area contributed by atoms with Crippen molar-refractivity contribution in [2.24, 2.45) is 0 Å². The van der Waals surface area contributed by atoms with Gasteiger partial charge in [-0.3, -0.25) is 13.9 Å². The summed E-state index contributed by atoms with van der Waals surface area (Å²) in [6.07, 6.45) is 1.84. The van der Waals surface area contributed by atoms with E-state index in [1.54, 1.807) is 17.6 Å². The number of imidazole rings is 1. The molecule has 0 bridgehead atoms. The van der Waals surface area contributed by atoms with Crippen molar-refractivity contribution in [3.05, 3.63) is 106 Å². The van der Waals surface area contributed by atoms with Crippen LogP contribution in [-0.4, -0.2) is 37.8 Å². The van der Waals surface area contributed by atoms with Crippen LogP contribution in [-0.2, 0) is 9.53 Å². The second-order valence-corrected chi connectivity index (χ2v) is 9.38. The highest BCUT2D eigenvalue weighted by molar-refractivity contribution is 5.93. The van der Waals surface area contributed by atoms with Crippen molar-refractivity contribution in [3.8, 4) is 0 Å². The Hall–Kier alpha value is -4.59. The van der Waals surface area contributed by atoms with E-state index < -0.39 is 18.0 Å². The Morgan fingerprint density at radius 2 is 1.76 bits per heavy atom. The van der Waals surface area contributed by atoms with E-state index in [0.29, 0.717) is 11.0 Å². The highest BCUT2D eigenvalue weighted by Crippen LogP contribution is 2.33. The first-order valence-electron chi connectivity index (χ1n) is 12.6. The van der Waals surface area contributed by atoms with Crippen LogP contribution in [0, 0.1) is 6.92 Å². The zero-order valence-electron chi connectivity index (χ0n) is 21.5. The normalized spacial score (nSPS) is 13.0. The average Bonchev–Trinajstić information content (AvgIpc) is 3.47. The first kappa shape index (κ1) is 25.1. The van der Waals surface area contributed by atoms with Gasteiger partial charge in [-0.2, -0.15) is 0 Å². The fraction of sp³-hybridized carbons (Fsp3) is 0.233. The number of rotatable bonds is 8. The first-order chi connectivity index (χ1) is 18.3. The SMILES string of the molecule is CCOC(=O)C[C@H](c1ccccc1)n1c(=O)n(C(C)c2c[nH]c3cccc(C)c23)c2ccc(C(=O)O)cc21. The second-order valence-electron chi connectivity index (χ2n) is 9.38. The Bertz CT molecular complexity index is 1710. The molecule has 5 aromatic rings. The van der Waals surface area contributed by atoms with Gasteiger partial charge in [0.2, 0.25) is 0 Å².